The van der Waals surface area contributed by atoms with Crippen LogP contribution in [0.4, 0.5) is 0 Å². The molecule has 0 radical (unpaired) electrons. The average molecular weight is 239 g/mol. The molecule has 1 aliphatic rings. The van der Waals surface area contributed by atoms with Crippen molar-refractivity contribution in [1.82, 2.24) is 14.3 Å². The van der Waals surface area contributed by atoms with Gasteiger partial charge in [-0.3, -0.25) is 9.36 Å². The highest BCUT2D eigenvalue weighted by Gasteiger charge is 2.43. The second-order valence-electron chi connectivity index (χ2n) is 4.92. The van der Waals surface area contributed by atoms with Crippen molar-refractivity contribution < 1.29 is 9.90 Å². The van der Waals surface area contributed by atoms with Crippen LogP contribution in [0.2, 0.25) is 0 Å². The van der Waals surface area contributed by atoms with Crippen molar-refractivity contribution in [2.45, 2.75) is 39.8 Å². The van der Waals surface area contributed by atoms with Crippen molar-refractivity contribution in [2.75, 3.05) is 0 Å². The van der Waals surface area contributed by atoms with Crippen LogP contribution >= 0.6 is 0 Å². The first kappa shape index (κ1) is 11.9. The predicted octanol–water partition coefficient (Wildman–Crippen LogP) is 0.655. The number of aliphatic carboxylic acids is 1. The van der Waals surface area contributed by atoms with Gasteiger partial charge < -0.3 is 5.11 Å². The summed E-state index contributed by atoms with van der Waals surface area (Å²) in [6, 6.07) is 0.0249. The molecule has 1 fully saturated rings. The monoisotopic (exact) mass is 239 g/mol. The first-order chi connectivity index (χ1) is 7.91. The summed E-state index contributed by atoms with van der Waals surface area (Å²) in [4.78, 5) is 22.7. The molecule has 0 amide bonds. The van der Waals surface area contributed by atoms with E-state index in [0.29, 0.717) is 18.8 Å². The number of hydrogen-bond acceptors (Lipinski definition) is 3. The number of hydrogen-bond donors (Lipinski definition) is 1. The van der Waals surface area contributed by atoms with E-state index in [4.69, 9.17) is 5.11 Å². The molecule has 1 aliphatic carbocycles. The van der Waals surface area contributed by atoms with Crippen LogP contribution in [0.1, 0.15) is 32.1 Å². The number of rotatable bonds is 4. The molecular formula is C11H17N3O3. The standard InChI is InChI=1S/C11H17N3O3/c1-6(2)14-11(17)13(7(3)12-14)5-8-4-9(8)10(15)16/h6,8-9H,4-5H2,1-3H3,(H,15,16)/t8-,9+/m0/s1. The molecule has 0 saturated heterocycles. The molecule has 0 aliphatic heterocycles. The van der Waals surface area contributed by atoms with Gasteiger partial charge in [-0.25, -0.2) is 9.48 Å². The summed E-state index contributed by atoms with van der Waals surface area (Å²) >= 11 is 0. The van der Waals surface area contributed by atoms with Crippen molar-refractivity contribution in [3.8, 4) is 0 Å². The first-order valence-corrected chi connectivity index (χ1v) is 5.80. The Morgan fingerprint density at radius 2 is 2.24 bits per heavy atom. The molecule has 1 aromatic heterocycles. The van der Waals surface area contributed by atoms with E-state index in [-0.39, 0.29) is 23.6 Å². The van der Waals surface area contributed by atoms with Crippen molar-refractivity contribution in [1.29, 1.82) is 0 Å². The van der Waals surface area contributed by atoms with E-state index in [0.717, 1.165) is 0 Å². The first-order valence-electron chi connectivity index (χ1n) is 5.80. The van der Waals surface area contributed by atoms with Crippen LogP contribution in [0.25, 0.3) is 0 Å². The van der Waals surface area contributed by atoms with Crippen LogP contribution in [0.15, 0.2) is 4.79 Å². The Bertz CT molecular complexity index is 501. The SMILES string of the molecule is Cc1nn(C(C)C)c(=O)n1C[C@@H]1C[C@H]1C(=O)O. The van der Waals surface area contributed by atoms with Crippen LogP contribution in [-0.2, 0) is 11.3 Å². The Balaban J connectivity index is 2.18. The maximum Gasteiger partial charge on any atom is 0.346 e. The lowest BCUT2D eigenvalue weighted by atomic mass is 10.3. The summed E-state index contributed by atoms with van der Waals surface area (Å²) in [6.07, 6.45) is 0.661. The highest BCUT2D eigenvalue weighted by atomic mass is 16.4. The Kier molecular flexibility index (Phi) is 2.81. The topological polar surface area (TPSA) is 77.1 Å². The van der Waals surface area contributed by atoms with Crippen molar-refractivity contribution in [3.63, 3.8) is 0 Å². The molecule has 1 saturated carbocycles. The Morgan fingerprint density at radius 3 is 2.65 bits per heavy atom. The van der Waals surface area contributed by atoms with Crippen molar-refractivity contribution >= 4 is 5.97 Å². The second kappa shape index (κ2) is 4.01. The van der Waals surface area contributed by atoms with E-state index in [1.807, 2.05) is 13.8 Å². The molecule has 17 heavy (non-hydrogen) atoms. The molecule has 6 heteroatoms. The molecule has 1 N–H and O–H groups in total. The van der Waals surface area contributed by atoms with Gasteiger partial charge in [-0.2, -0.15) is 5.10 Å². The Morgan fingerprint density at radius 1 is 1.59 bits per heavy atom. The fraction of sp³-hybridized carbons (Fsp3) is 0.727. The van der Waals surface area contributed by atoms with Crippen LogP contribution in [0.3, 0.4) is 0 Å². The number of carbonyl (C=O) groups is 1. The van der Waals surface area contributed by atoms with E-state index < -0.39 is 5.97 Å². The minimum atomic E-state index is -0.767. The van der Waals surface area contributed by atoms with Crippen LogP contribution < -0.4 is 5.69 Å². The zero-order chi connectivity index (χ0) is 12.7. The summed E-state index contributed by atoms with van der Waals surface area (Å²) in [5.41, 5.74) is -0.145. The number of carboxylic acids is 1. The normalized spacial score (nSPS) is 23.1. The molecule has 2 rings (SSSR count). The van der Waals surface area contributed by atoms with Gasteiger partial charge in [0.15, 0.2) is 0 Å². The van der Waals surface area contributed by atoms with Crippen molar-refractivity contribution in [2.24, 2.45) is 11.8 Å². The summed E-state index contributed by atoms with van der Waals surface area (Å²) in [7, 11) is 0. The molecule has 0 aromatic carbocycles. The van der Waals surface area contributed by atoms with Gasteiger partial charge in [-0.05, 0) is 33.1 Å². The zero-order valence-corrected chi connectivity index (χ0v) is 10.3. The van der Waals surface area contributed by atoms with E-state index in [9.17, 15) is 9.59 Å². The lowest BCUT2D eigenvalue weighted by Gasteiger charge is -2.02. The molecule has 0 spiro atoms. The Labute approximate surface area is 98.9 Å². The molecule has 0 unspecified atom stereocenters. The Hall–Kier alpha value is -1.59. The molecule has 1 aromatic rings. The van der Waals surface area contributed by atoms with Gasteiger partial charge in [0.25, 0.3) is 0 Å². The van der Waals surface area contributed by atoms with Gasteiger partial charge in [-0.1, -0.05) is 0 Å². The van der Waals surface area contributed by atoms with Crippen LogP contribution in [0, 0.1) is 18.8 Å². The van der Waals surface area contributed by atoms with E-state index in [2.05, 4.69) is 5.10 Å². The van der Waals surface area contributed by atoms with E-state index in [1.54, 1.807) is 11.5 Å². The maximum absolute atomic E-state index is 12.0. The molecule has 2 atom stereocenters. The number of aromatic nitrogens is 3. The van der Waals surface area contributed by atoms with Gasteiger partial charge in [0.2, 0.25) is 0 Å². The summed E-state index contributed by atoms with van der Waals surface area (Å²) in [6.45, 7) is 6.04. The lowest BCUT2D eigenvalue weighted by molar-refractivity contribution is -0.138. The third-order valence-electron chi connectivity index (χ3n) is 3.22. The lowest BCUT2D eigenvalue weighted by Crippen LogP contribution is -2.27. The number of nitrogens with zero attached hydrogens (tertiary/aromatic N) is 3. The molecule has 6 nitrogen and oxygen atoms in total. The highest BCUT2D eigenvalue weighted by Crippen LogP contribution is 2.39. The van der Waals surface area contributed by atoms with Crippen molar-refractivity contribution in [3.05, 3.63) is 16.3 Å². The smallest absolute Gasteiger partial charge is 0.346 e. The molecular weight excluding hydrogens is 222 g/mol. The average Bonchev–Trinajstić information content (AvgIpc) is 2.94. The highest BCUT2D eigenvalue weighted by molar-refractivity contribution is 5.73. The van der Waals surface area contributed by atoms with Crippen LogP contribution in [0.5, 0.6) is 0 Å². The van der Waals surface area contributed by atoms with Crippen LogP contribution in [-0.4, -0.2) is 25.4 Å². The maximum atomic E-state index is 12.0. The van der Waals surface area contributed by atoms with Gasteiger partial charge in [-0.15, -0.1) is 0 Å². The fourth-order valence-corrected chi connectivity index (χ4v) is 2.05. The van der Waals surface area contributed by atoms with Gasteiger partial charge in [0, 0.05) is 6.54 Å². The third-order valence-corrected chi connectivity index (χ3v) is 3.22. The van der Waals surface area contributed by atoms with E-state index in [1.165, 1.54) is 4.68 Å². The van der Waals surface area contributed by atoms with E-state index >= 15 is 0 Å². The summed E-state index contributed by atoms with van der Waals surface area (Å²) in [5.74, 6) is -0.325. The zero-order valence-electron chi connectivity index (χ0n) is 10.3. The van der Waals surface area contributed by atoms with Gasteiger partial charge in [0.05, 0.1) is 12.0 Å². The summed E-state index contributed by atoms with van der Waals surface area (Å²) in [5, 5.41) is 13.0. The minimum Gasteiger partial charge on any atom is -0.481 e. The quantitative estimate of drug-likeness (QED) is 0.837. The predicted molar refractivity (Wildman–Crippen MR) is 60.8 cm³/mol. The largest absolute Gasteiger partial charge is 0.481 e. The second-order valence-corrected chi connectivity index (χ2v) is 4.92. The molecule has 0 bridgehead atoms. The van der Waals surface area contributed by atoms with Gasteiger partial charge in [0.1, 0.15) is 5.82 Å². The number of aryl methyl sites for hydroxylation is 1. The molecule has 1 heterocycles. The third kappa shape index (κ3) is 2.11. The summed E-state index contributed by atoms with van der Waals surface area (Å²) < 4.78 is 3.01. The number of carboxylic acid groups (broad SMARTS) is 1. The fourth-order valence-electron chi connectivity index (χ4n) is 2.05. The molecule has 94 valence electrons. The minimum absolute atomic E-state index is 0.0249. The van der Waals surface area contributed by atoms with Gasteiger partial charge >= 0.3 is 11.7 Å².